The second kappa shape index (κ2) is 6.22. The van der Waals surface area contributed by atoms with Crippen LogP contribution in [0.5, 0.6) is 11.5 Å². The minimum atomic E-state index is -0.530. The maximum absolute atomic E-state index is 12.4. The van der Waals surface area contributed by atoms with Gasteiger partial charge in [-0.05, 0) is 6.42 Å². The van der Waals surface area contributed by atoms with Crippen LogP contribution in [0.1, 0.15) is 13.3 Å². The third kappa shape index (κ3) is 2.90. The maximum atomic E-state index is 12.4. The number of amides is 2. The molecule has 0 radical (unpaired) electrons. The van der Waals surface area contributed by atoms with E-state index in [9.17, 15) is 9.59 Å². The molecule has 7 heteroatoms. The van der Waals surface area contributed by atoms with Gasteiger partial charge in [-0.3, -0.25) is 14.5 Å². The maximum Gasteiger partial charge on any atom is 0.250 e. The smallest absolute Gasteiger partial charge is 0.250 e. The minimum absolute atomic E-state index is 0.0590. The van der Waals surface area contributed by atoms with Crippen LogP contribution in [0.4, 0.5) is 5.69 Å². The van der Waals surface area contributed by atoms with Crippen LogP contribution in [-0.2, 0) is 9.59 Å². The zero-order valence-electron chi connectivity index (χ0n) is 12.1. The molecule has 0 aromatic heterocycles. The summed E-state index contributed by atoms with van der Waals surface area (Å²) in [6, 6.07) is 2.64. The number of hydrogen-bond donors (Lipinski definition) is 1. The number of nitrogens with zero attached hydrogens (tertiary/aromatic N) is 1. The van der Waals surface area contributed by atoms with E-state index < -0.39 is 6.04 Å². The van der Waals surface area contributed by atoms with Crippen molar-refractivity contribution >= 4 is 29.1 Å². The molecule has 0 spiro atoms. The molecule has 1 saturated heterocycles. The van der Waals surface area contributed by atoms with Crippen molar-refractivity contribution in [3.8, 4) is 11.5 Å². The molecule has 2 rings (SSSR count). The van der Waals surface area contributed by atoms with E-state index in [-0.39, 0.29) is 18.4 Å². The molecule has 0 bridgehead atoms. The Bertz CT molecular complexity index is 576. The van der Waals surface area contributed by atoms with Gasteiger partial charge in [0.2, 0.25) is 11.8 Å². The summed E-state index contributed by atoms with van der Waals surface area (Å²) in [5.41, 5.74) is 0.469. The van der Waals surface area contributed by atoms with Gasteiger partial charge < -0.3 is 14.8 Å². The van der Waals surface area contributed by atoms with Crippen LogP contribution in [0.15, 0.2) is 12.1 Å². The van der Waals surface area contributed by atoms with Gasteiger partial charge in [0.15, 0.2) is 0 Å². The summed E-state index contributed by atoms with van der Waals surface area (Å²) >= 11 is 6.05. The van der Waals surface area contributed by atoms with Gasteiger partial charge in [0.1, 0.15) is 24.1 Å². The lowest BCUT2D eigenvalue weighted by molar-refractivity contribution is -0.131. The van der Waals surface area contributed by atoms with Gasteiger partial charge in [-0.25, -0.2) is 0 Å². The Labute approximate surface area is 128 Å². The molecule has 1 aromatic carbocycles. The fourth-order valence-corrected chi connectivity index (χ4v) is 2.48. The van der Waals surface area contributed by atoms with Crippen LogP contribution >= 0.6 is 11.6 Å². The average Bonchev–Trinajstić information content (AvgIpc) is 2.49. The lowest BCUT2D eigenvalue weighted by Crippen LogP contribution is -2.58. The zero-order valence-corrected chi connectivity index (χ0v) is 12.9. The minimum Gasteiger partial charge on any atom is -0.495 e. The molecule has 1 N–H and O–H groups in total. The summed E-state index contributed by atoms with van der Waals surface area (Å²) in [7, 11) is 2.96. The Morgan fingerprint density at radius 3 is 2.52 bits per heavy atom. The van der Waals surface area contributed by atoms with Gasteiger partial charge in [0.25, 0.3) is 0 Å². The number of carbonyl (C=O) groups excluding carboxylic acids is 2. The molecule has 0 aliphatic carbocycles. The van der Waals surface area contributed by atoms with E-state index in [1.807, 2.05) is 6.92 Å². The molecular formula is C14H17ClN2O4. The molecule has 0 saturated carbocycles. The first-order chi connectivity index (χ1) is 10.0. The van der Waals surface area contributed by atoms with E-state index in [2.05, 4.69) is 5.32 Å². The molecule has 1 aliphatic heterocycles. The first-order valence-corrected chi connectivity index (χ1v) is 6.91. The Balaban J connectivity index is 2.48. The first-order valence-electron chi connectivity index (χ1n) is 6.54. The van der Waals surface area contributed by atoms with Gasteiger partial charge in [0.05, 0.1) is 24.9 Å². The Morgan fingerprint density at radius 1 is 1.29 bits per heavy atom. The van der Waals surface area contributed by atoms with E-state index in [4.69, 9.17) is 21.1 Å². The van der Waals surface area contributed by atoms with Crippen molar-refractivity contribution in [3.63, 3.8) is 0 Å². The number of anilines is 1. The van der Waals surface area contributed by atoms with Gasteiger partial charge in [0, 0.05) is 12.1 Å². The quantitative estimate of drug-likeness (QED) is 0.917. The van der Waals surface area contributed by atoms with E-state index >= 15 is 0 Å². The van der Waals surface area contributed by atoms with Crippen molar-refractivity contribution in [1.29, 1.82) is 0 Å². The van der Waals surface area contributed by atoms with Crippen molar-refractivity contribution in [2.45, 2.75) is 19.4 Å². The van der Waals surface area contributed by atoms with Gasteiger partial charge in [-0.2, -0.15) is 0 Å². The lowest BCUT2D eigenvalue weighted by Gasteiger charge is -2.33. The number of piperazine rings is 1. The van der Waals surface area contributed by atoms with Gasteiger partial charge in [-0.1, -0.05) is 18.5 Å². The monoisotopic (exact) mass is 312 g/mol. The molecule has 6 nitrogen and oxygen atoms in total. The lowest BCUT2D eigenvalue weighted by atomic mass is 10.1. The number of methoxy groups -OCH3 is 2. The highest BCUT2D eigenvalue weighted by molar-refractivity contribution is 6.32. The van der Waals surface area contributed by atoms with Crippen LogP contribution in [0.25, 0.3) is 0 Å². The molecule has 21 heavy (non-hydrogen) atoms. The van der Waals surface area contributed by atoms with Gasteiger partial charge >= 0.3 is 0 Å². The molecule has 1 heterocycles. The number of nitrogens with one attached hydrogen (secondary N) is 1. The van der Waals surface area contributed by atoms with Crippen molar-refractivity contribution in [3.05, 3.63) is 17.2 Å². The second-order valence-corrected chi connectivity index (χ2v) is 5.02. The second-order valence-electron chi connectivity index (χ2n) is 4.61. The summed E-state index contributed by atoms with van der Waals surface area (Å²) < 4.78 is 10.4. The molecule has 1 aromatic rings. The molecule has 1 unspecified atom stereocenters. The predicted molar refractivity (Wildman–Crippen MR) is 79.1 cm³/mol. The SMILES string of the molecule is CCC1NC(=O)CN(c2cc(OC)c(Cl)cc2OC)C1=O. The fraction of sp³-hybridized carbons (Fsp3) is 0.429. The number of benzene rings is 1. The number of rotatable bonds is 4. The third-order valence-electron chi connectivity index (χ3n) is 3.35. The Kier molecular flexibility index (Phi) is 4.57. The van der Waals surface area contributed by atoms with E-state index in [1.54, 1.807) is 12.1 Å². The van der Waals surface area contributed by atoms with E-state index in [1.165, 1.54) is 19.1 Å². The predicted octanol–water partition coefficient (Wildman–Crippen LogP) is 1.60. The highest BCUT2D eigenvalue weighted by Crippen LogP contribution is 2.38. The van der Waals surface area contributed by atoms with Crippen LogP contribution < -0.4 is 19.7 Å². The molecule has 1 fully saturated rings. The van der Waals surface area contributed by atoms with E-state index in [0.717, 1.165) is 0 Å². The number of hydrogen-bond acceptors (Lipinski definition) is 4. The molecule has 2 amide bonds. The molecule has 114 valence electrons. The average molecular weight is 313 g/mol. The zero-order chi connectivity index (χ0) is 15.6. The fourth-order valence-electron chi connectivity index (χ4n) is 2.25. The van der Waals surface area contributed by atoms with Crippen LogP contribution in [0, 0.1) is 0 Å². The number of carbonyl (C=O) groups is 2. The molecule has 1 aliphatic rings. The summed E-state index contributed by atoms with van der Waals surface area (Å²) in [6.07, 6.45) is 0.522. The van der Waals surface area contributed by atoms with Crippen molar-refractivity contribution in [2.75, 3.05) is 25.7 Å². The highest BCUT2D eigenvalue weighted by Gasteiger charge is 2.34. The number of ether oxygens (including phenoxy) is 2. The van der Waals surface area contributed by atoms with Crippen LogP contribution in [0.3, 0.4) is 0 Å². The standard InChI is InChI=1S/C14H17ClN2O4/c1-4-9-14(19)17(7-13(18)16-9)10-6-11(20-2)8(15)5-12(10)21-3/h5-6,9H,4,7H2,1-3H3,(H,16,18). The number of halogens is 1. The summed E-state index contributed by atoms with van der Waals surface area (Å²) in [6.45, 7) is 1.78. The summed E-state index contributed by atoms with van der Waals surface area (Å²) in [5.74, 6) is 0.440. The molecular weight excluding hydrogens is 296 g/mol. The van der Waals surface area contributed by atoms with Gasteiger partial charge in [-0.15, -0.1) is 0 Å². The van der Waals surface area contributed by atoms with Crippen molar-refractivity contribution < 1.29 is 19.1 Å². The highest BCUT2D eigenvalue weighted by atomic mass is 35.5. The van der Waals surface area contributed by atoms with Crippen molar-refractivity contribution in [1.82, 2.24) is 5.32 Å². The van der Waals surface area contributed by atoms with Crippen LogP contribution in [-0.4, -0.2) is 38.6 Å². The Morgan fingerprint density at radius 2 is 1.95 bits per heavy atom. The topological polar surface area (TPSA) is 67.9 Å². The largest absolute Gasteiger partial charge is 0.495 e. The van der Waals surface area contributed by atoms with Crippen molar-refractivity contribution in [2.24, 2.45) is 0 Å². The molecule has 1 atom stereocenters. The third-order valence-corrected chi connectivity index (χ3v) is 3.65. The first kappa shape index (κ1) is 15.4. The van der Waals surface area contributed by atoms with E-state index in [0.29, 0.717) is 28.6 Å². The summed E-state index contributed by atoms with van der Waals surface area (Å²) in [4.78, 5) is 25.6. The Hall–Kier alpha value is -1.95. The summed E-state index contributed by atoms with van der Waals surface area (Å²) in [5, 5.41) is 3.04. The van der Waals surface area contributed by atoms with Crippen LogP contribution in [0.2, 0.25) is 5.02 Å². The normalized spacial score (nSPS) is 18.5.